The van der Waals surface area contributed by atoms with Gasteiger partial charge in [0.05, 0.1) is 13.2 Å². The number of aryl methyl sites for hydroxylation is 1. The van der Waals surface area contributed by atoms with Gasteiger partial charge in [-0.25, -0.2) is 9.67 Å². The molecule has 3 rings (SSSR count). The minimum atomic E-state index is -0.110. The number of ether oxygens (including phenoxy) is 1. The molecule has 0 spiro atoms. The normalized spacial score (nSPS) is 23.1. The Bertz CT molecular complexity index is 544. The second-order valence-electron chi connectivity index (χ2n) is 6.43. The third kappa shape index (κ3) is 4.57. The van der Waals surface area contributed by atoms with E-state index in [4.69, 9.17) is 4.74 Å². The molecular formula is C15H27IN6O2. The van der Waals surface area contributed by atoms with Crippen LogP contribution in [-0.2, 0) is 17.7 Å². The van der Waals surface area contributed by atoms with Crippen LogP contribution in [0.4, 0.5) is 0 Å². The Kier molecular flexibility index (Phi) is 7.23. The smallest absolute Gasteiger partial charge is 0.191 e. The van der Waals surface area contributed by atoms with Crippen molar-refractivity contribution < 1.29 is 9.84 Å². The lowest BCUT2D eigenvalue weighted by molar-refractivity contribution is -0.0132. The lowest BCUT2D eigenvalue weighted by atomic mass is 9.81. The molecule has 9 heteroatoms. The Hall–Kier alpha value is -0.940. The van der Waals surface area contributed by atoms with Crippen molar-refractivity contribution in [3.63, 3.8) is 0 Å². The molecule has 8 nitrogen and oxygen atoms in total. The Morgan fingerprint density at radius 2 is 2.29 bits per heavy atom. The molecule has 1 unspecified atom stereocenters. The van der Waals surface area contributed by atoms with E-state index >= 15 is 0 Å². The molecule has 0 bridgehead atoms. The highest BCUT2D eigenvalue weighted by Gasteiger charge is 2.32. The summed E-state index contributed by atoms with van der Waals surface area (Å²) in [5.41, 5.74) is -0.110. The fourth-order valence-corrected chi connectivity index (χ4v) is 3.21. The van der Waals surface area contributed by atoms with Crippen molar-refractivity contribution in [3.05, 3.63) is 12.2 Å². The highest BCUT2D eigenvalue weighted by Crippen LogP contribution is 2.28. The van der Waals surface area contributed by atoms with Crippen LogP contribution in [0.2, 0.25) is 0 Å². The standard InChI is InChI=1S/C15H26N6O2.HI/c1-16-14(17-9-15(10-22)4-6-23-7-5-15)20-12-2-3-13-18-11-19-21(13)8-12;/h11-12,22H,2-10H2,1H3,(H2,16,17,20);1H. The molecule has 1 saturated heterocycles. The topological polar surface area (TPSA) is 96.6 Å². The first kappa shape index (κ1) is 19.4. The molecule has 0 saturated carbocycles. The molecule has 3 N–H and O–H groups in total. The zero-order valence-corrected chi connectivity index (χ0v) is 16.4. The zero-order valence-electron chi connectivity index (χ0n) is 14.1. The molecule has 1 aromatic heterocycles. The van der Waals surface area contributed by atoms with E-state index in [-0.39, 0.29) is 42.0 Å². The number of guanidine groups is 1. The maximum Gasteiger partial charge on any atom is 0.191 e. The Morgan fingerprint density at radius 1 is 1.50 bits per heavy atom. The monoisotopic (exact) mass is 450 g/mol. The van der Waals surface area contributed by atoms with E-state index in [9.17, 15) is 5.11 Å². The van der Waals surface area contributed by atoms with Crippen LogP contribution in [0.25, 0.3) is 0 Å². The van der Waals surface area contributed by atoms with Crippen molar-refractivity contribution in [2.75, 3.05) is 33.4 Å². The number of aliphatic hydroxyl groups is 1. The number of aromatic nitrogens is 3. The van der Waals surface area contributed by atoms with Gasteiger partial charge in [0.15, 0.2) is 5.96 Å². The molecule has 136 valence electrons. The molecule has 1 atom stereocenters. The van der Waals surface area contributed by atoms with E-state index < -0.39 is 0 Å². The van der Waals surface area contributed by atoms with Crippen molar-refractivity contribution >= 4 is 29.9 Å². The summed E-state index contributed by atoms with van der Waals surface area (Å²) in [5, 5.41) is 20.8. The minimum absolute atomic E-state index is 0. The number of fused-ring (bicyclic) bond motifs is 1. The van der Waals surface area contributed by atoms with Crippen LogP contribution in [-0.4, -0.2) is 65.3 Å². The summed E-state index contributed by atoms with van der Waals surface area (Å²) in [6, 6.07) is 0.287. The van der Waals surface area contributed by atoms with Crippen LogP contribution >= 0.6 is 24.0 Å². The summed E-state index contributed by atoms with van der Waals surface area (Å²) in [4.78, 5) is 8.56. The molecule has 0 aromatic carbocycles. The van der Waals surface area contributed by atoms with Gasteiger partial charge < -0.3 is 20.5 Å². The number of rotatable bonds is 4. The van der Waals surface area contributed by atoms with Crippen LogP contribution in [0.1, 0.15) is 25.1 Å². The van der Waals surface area contributed by atoms with E-state index in [1.165, 1.54) is 0 Å². The summed E-state index contributed by atoms with van der Waals surface area (Å²) >= 11 is 0. The van der Waals surface area contributed by atoms with Gasteiger partial charge in [0.1, 0.15) is 12.2 Å². The van der Waals surface area contributed by atoms with Gasteiger partial charge in [-0.05, 0) is 19.3 Å². The van der Waals surface area contributed by atoms with Gasteiger partial charge in [-0.1, -0.05) is 0 Å². The fourth-order valence-electron chi connectivity index (χ4n) is 3.21. The van der Waals surface area contributed by atoms with Gasteiger partial charge in [0, 0.05) is 44.7 Å². The number of hydrogen-bond acceptors (Lipinski definition) is 5. The third-order valence-electron chi connectivity index (χ3n) is 4.89. The average Bonchev–Trinajstić information content (AvgIpc) is 3.07. The van der Waals surface area contributed by atoms with Crippen LogP contribution in [0.5, 0.6) is 0 Å². The highest BCUT2D eigenvalue weighted by atomic mass is 127. The van der Waals surface area contributed by atoms with Gasteiger partial charge in [0.25, 0.3) is 0 Å². The summed E-state index contributed by atoms with van der Waals surface area (Å²) < 4.78 is 7.35. The van der Waals surface area contributed by atoms with Gasteiger partial charge in [-0.2, -0.15) is 5.10 Å². The average molecular weight is 450 g/mol. The molecular weight excluding hydrogens is 423 g/mol. The second kappa shape index (κ2) is 8.95. The SMILES string of the molecule is CN=C(NCC1(CO)CCOCC1)NC1CCc2ncnn2C1.I. The summed E-state index contributed by atoms with van der Waals surface area (Å²) in [6.07, 6.45) is 5.30. The maximum absolute atomic E-state index is 9.76. The zero-order chi connectivity index (χ0) is 16.1. The molecule has 24 heavy (non-hydrogen) atoms. The Morgan fingerprint density at radius 3 is 3.00 bits per heavy atom. The van der Waals surface area contributed by atoms with E-state index in [1.807, 2.05) is 4.68 Å². The van der Waals surface area contributed by atoms with E-state index in [0.29, 0.717) is 19.8 Å². The van der Waals surface area contributed by atoms with Gasteiger partial charge in [-0.15, -0.1) is 24.0 Å². The number of aliphatic imine (C=N–C) groups is 1. The second-order valence-corrected chi connectivity index (χ2v) is 6.43. The minimum Gasteiger partial charge on any atom is -0.396 e. The van der Waals surface area contributed by atoms with Gasteiger partial charge >= 0.3 is 0 Å². The summed E-state index contributed by atoms with van der Waals surface area (Å²) in [6.45, 7) is 3.10. The van der Waals surface area contributed by atoms with Crippen molar-refractivity contribution in [1.82, 2.24) is 25.4 Å². The number of hydrogen-bond donors (Lipinski definition) is 3. The Labute approximate surface area is 159 Å². The molecule has 0 radical (unpaired) electrons. The van der Waals surface area contributed by atoms with Crippen molar-refractivity contribution in [3.8, 4) is 0 Å². The van der Waals surface area contributed by atoms with E-state index in [0.717, 1.165) is 44.0 Å². The van der Waals surface area contributed by atoms with Crippen molar-refractivity contribution in [2.45, 2.75) is 38.3 Å². The molecule has 1 aromatic rings. The summed E-state index contributed by atoms with van der Waals surface area (Å²) in [5.74, 6) is 1.82. The third-order valence-corrected chi connectivity index (χ3v) is 4.89. The number of nitrogens with zero attached hydrogens (tertiary/aromatic N) is 4. The molecule has 2 aliphatic heterocycles. The highest BCUT2D eigenvalue weighted by molar-refractivity contribution is 14.0. The number of halogens is 1. The van der Waals surface area contributed by atoms with Gasteiger partial charge in [0.2, 0.25) is 0 Å². The molecule has 2 aliphatic rings. The van der Waals surface area contributed by atoms with Crippen molar-refractivity contribution in [1.29, 1.82) is 0 Å². The fraction of sp³-hybridized carbons (Fsp3) is 0.800. The van der Waals surface area contributed by atoms with Gasteiger partial charge in [-0.3, -0.25) is 4.99 Å². The number of aliphatic hydroxyl groups excluding tert-OH is 1. The first-order valence-electron chi connectivity index (χ1n) is 8.27. The van der Waals surface area contributed by atoms with Crippen LogP contribution in [0.3, 0.4) is 0 Å². The first-order chi connectivity index (χ1) is 11.2. The van der Waals surface area contributed by atoms with Crippen LogP contribution < -0.4 is 10.6 Å². The molecule has 0 aliphatic carbocycles. The maximum atomic E-state index is 9.76. The quantitative estimate of drug-likeness (QED) is 0.344. The van der Waals surface area contributed by atoms with Crippen molar-refractivity contribution in [2.24, 2.45) is 10.4 Å². The molecule has 3 heterocycles. The largest absolute Gasteiger partial charge is 0.396 e. The first-order valence-corrected chi connectivity index (χ1v) is 8.27. The number of nitrogens with one attached hydrogen (secondary N) is 2. The lowest BCUT2D eigenvalue weighted by Crippen LogP contribution is -2.51. The van der Waals surface area contributed by atoms with Crippen LogP contribution in [0.15, 0.2) is 11.3 Å². The molecule has 1 fully saturated rings. The van der Waals surface area contributed by atoms with Crippen LogP contribution in [0, 0.1) is 5.41 Å². The predicted octanol–water partition coefficient (Wildman–Crippen LogP) is 0.165. The van der Waals surface area contributed by atoms with E-state index in [1.54, 1.807) is 13.4 Å². The summed E-state index contributed by atoms with van der Waals surface area (Å²) in [7, 11) is 1.77. The Balaban J connectivity index is 0.00000208. The van der Waals surface area contributed by atoms with E-state index in [2.05, 4.69) is 25.7 Å². The molecule has 0 amide bonds. The predicted molar refractivity (Wildman–Crippen MR) is 102 cm³/mol. The lowest BCUT2D eigenvalue weighted by Gasteiger charge is -2.36.